The molecule has 13 heavy (non-hydrogen) atoms. The molecule has 3 N–H and O–H groups in total. The Balaban J connectivity index is 4.85. The fourth-order valence-corrected chi connectivity index (χ4v) is 1.00. The van der Waals surface area contributed by atoms with Crippen LogP contribution in [0.3, 0.4) is 0 Å². The van der Waals surface area contributed by atoms with Crippen LogP contribution in [0.15, 0.2) is 36.1 Å². The third-order valence-corrected chi connectivity index (χ3v) is 1.90. The Kier molecular flexibility index (Phi) is 4.77. The number of ketones is 1. The molecule has 0 amide bonds. The van der Waals surface area contributed by atoms with Gasteiger partial charge in [0.2, 0.25) is 5.78 Å². The van der Waals surface area contributed by atoms with E-state index in [0.717, 1.165) is 12.0 Å². The molecule has 3 heteroatoms. The molecule has 0 aromatic heterocycles. The number of hydrazine groups is 1. The summed E-state index contributed by atoms with van der Waals surface area (Å²) >= 11 is 0. The van der Waals surface area contributed by atoms with Gasteiger partial charge in [0.25, 0.3) is 0 Å². The van der Waals surface area contributed by atoms with Crippen molar-refractivity contribution in [3.05, 3.63) is 36.1 Å². The minimum Gasteiger partial charge on any atom is -0.321 e. The van der Waals surface area contributed by atoms with Gasteiger partial charge in [0.15, 0.2) is 0 Å². The molecule has 0 aromatic rings. The molecule has 0 heterocycles. The van der Waals surface area contributed by atoms with E-state index in [9.17, 15) is 4.79 Å². The second-order valence-corrected chi connectivity index (χ2v) is 2.66. The third kappa shape index (κ3) is 2.87. The highest BCUT2D eigenvalue weighted by Gasteiger charge is 2.10. The molecular formula is C10H16N2O. The zero-order chi connectivity index (χ0) is 10.4. The summed E-state index contributed by atoms with van der Waals surface area (Å²) in [5.74, 6) is 4.91. The molecule has 0 atom stereocenters. The van der Waals surface area contributed by atoms with Crippen molar-refractivity contribution in [2.75, 3.05) is 0 Å². The Morgan fingerprint density at radius 1 is 1.62 bits per heavy atom. The van der Waals surface area contributed by atoms with Gasteiger partial charge in [-0.3, -0.25) is 10.6 Å². The number of nitrogens with two attached hydrogens (primary N) is 1. The van der Waals surface area contributed by atoms with E-state index >= 15 is 0 Å². The van der Waals surface area contributed by atoms with Crippen molar-refractivity contribution >= 4 is 5.78 Å². The van der Waals surface area contributed by atoms with Gasteiger partial charge >= 0.3 is 0 Å². The lowest BCUT2D eigenvalue weighted by atomic mass is 10.0. The highest BCUT2D eigenvalue weighted by Crippen LogP contribution is 2.12. The van der Waals surface area contributed by atoms with Crippen molar-refractivity contribution in [1.82, 2.24) is 5.43 Å². The molecule has 0 radical (unpaired) electrons. The highest BCUT2D eigenvalue weighted by atomic mass is 16.1. The van der Waals surface area contributed by atoms with E-state index in [-0.39, 0.29) is 11.5 Å². The third-order valence-electron chi connectivity index (χ3n) is 1.90. The molecule has 0 spiro atoms. The summed E-state index contributed by atoms with van der Waals surface area (Å²) in [6.45, 7) is 10.8. The van der Waals surface area contributed by atoms with Crippen LogP contribution in [0.4, 0.5) is 0 Å². The smallest absolute Gasteiger partial charge is 0.205 e. The van der Waals surface area contributed by atoms with Crippen LogP contribution in [0.25, 0.3) is 0 Å². The van der Waals surface area contributed by atoms with Gasteiger partial charge in [-0.15, -0.1) is 0 Å². The van der Waals surface area contributed by atoms with Gasteiger partial charge in [-0.1, -0.05) is 26.2 Å². The maximum absolute atomic E-state index is 11.5. The zero-order valence-corrected chi connectivity index (χ0v) is 8.18. The van der Waals surface area contributed by atoms with Crippen LogP contribution in [-0.4, -0.2) is 5.78 Å². The summed E-state index contributed by atoms with van der Waals surface area (Å²) < 4.78 is 0. The standard InChI is InChI=1S/C10H16N2O/c1-5-9(6-2)7(3)10(13)8(4)12-11/h5,12H,1,4,6,11H2,2-3H3/b9-7-. The number of carbonyl (C=O) groups is 1. The predicted octanol–water partition coefficient (Wildman–Crippen LogP) is 1.44. The molecule has 3 nitrogen and oxygen atoms in total. The molecule has 0 aliphatic rings. The van der Waals surface area contributed by atoms with E-state index in [0.29, 0.717) is 5.57 Å². The number of nitrogens with one attached hydrogen (secondary N) is 1. The van der Waals surface area contributed by atoms with Gasteiger partial charge < -0.3 is 5.43 Å². The van der Waals surface area contributed by atoms with Crippen molar-refractivity contribution < 1.29 is 4.79 Å². The first-order chi connectivity index (χ1) is 6.08. The van der Waals surface area contributed by atoms with Crippen molar-refractivity contribution in [3.8, 4) is 0 Å². The summed E-state index contributed by atoms with van der Waals surface area (Å²) in [6, 6.07) is 0. The van der Waals surface area contributed by atoms with E-state index in [1.165, 1.54) is 0 Å². The Morgan fingerprint density at radius 2 is 2.15 bits per heavy atom. The number of hydrogen-bond acceptors (Lipinski definition) is 3. The number of carbonyl (C=O) groups excluding carboxylic acids is 1. The van der Waals surface area contributed by atoms with Gasteiger partial charge in [0.05, 0.1) is 5.70 Å². The summed E-state index contributed by atoms with van der Waals surface area (Å²) in [4.78, 5) is 11.5. The summed E-state index contributed by atoms with van der Waals surface area (Å²) in [5, 5.41) is 0. The van der Waals surface area contributed by atoms with Crippen LogP contribution in [-0.2, 0) is 4.79 Å². The molecule has 72 valence electrons. The Hall–Kier alpha value is -1.35. The maximum atomic E-state index is 11.5. The fraction of sp³-hybridized carbons (Fsp3) is 0.300. The van der Waals surface area contributed by atoms with Crippen molar-refractivity contribution in [2.45, 2.75) is 20.3 Å². The van der Waals surface area contributed by atoms with Crippen LogP contribution in [0, 0.1) is 0 Å². The Bertz CT molecular complexity index is 264. The maximum Gasteiger partial charge on any atom is 0.205 e. The summed E-state index contributed by atoms with van der Waals surface area (Å²) in [5.41, 5.74) is 3.99. The average molecular weight is 180 g/mol. The first-order valence-electron chi connectivity index (χ1n) is 4.10. The Morgan fingerprint density at radius 3 is 2.46 bits per heavy atom. The monoisotopic (exact) mass is 180 g/mol. The molecule has 0 aromatic carbocycles. The zero-order valence-electron chi connectivity index (χ0n) is 8.18. The fourth-order valence-electron chi connectivity index (χ4n) is 1.00. The first kappa shape index (κ1) is 11.6. The van der Waals surface area contributed by atoms with Gasteiger partial charge in [-0.2, -0.15) is 0 Å². The molecule has 0 saturated heterocycles. The molecule has 0 fully saturated rings. The van der Waals surface area contributed by atoms with E-state index in [2.05, 4.69) is 18.6 Å². The normalized spacial score (nSPS) is 11.6. The second kappa shape index (κ2) is 5.32. The van der Waals surface area contributed by atoms with E-state index in [1.54, 1.807) is 13.0 Å². The van der Waals surface area contributed by atoms with Crippen molar-refractivity contribution in [1.29, 1.82) is 0 Å². The SMILES string of the molecule is C=C/C(CC)=C(\C)C(=O)C(=C)NN. The quantitative estimate of drug-likeness (QED) is 0.291. The minimum atomic E-state index is -0.167. The van der Waals surface area contributed by atoms with Crippen molar-refractivity contribution in [3.63, 3.8) is 0 Å². The number of hydrogen-bond donors (Lipinski definition) is 2. The molecular weight excluding hydrogens is 164 g/mol. The minimum absolute atomic E-state index is 0.167. The van der Waals surface area contributed by atoms with E-state index < -0.39 is 0 Å². The number of Topliss-reactive ketones (excluding diaryl/α,β-unsaturated/α-hetero) is 1. The molecule has 0 saturated carbocycles. The van der Waals surface area contributed by atoms with Gasteiger partial charge in [-0.05, 0) is 18.9 Å². The van der Waals surface area contributed by atoms with Gasteiger partial charge in [0.1, 0.15) is 0 Å². The van der Waals surface area contributed by atoms with Crippen molar-refractivity contribution in [2.24, 2.45) is 5.84 Å². The van der Waals surface area contributed by atoms with Crippen LogP contribution in [0.1, 0.15) is 20.3 Å². The molecule has 0 bridgehead atoms. The number of allylic oxidation sites excluding steroid dienone is 3. The van der Waals surface area contributed by atoms with Crippen LogP contribution < -0.4 is 11.3 Å². The summed E-state index contributed by atoms with van der Waals surface area (Å²) in [7, 11) is 0. The molecule has 0 aliphatic carbocycles. The highest BCUT2D eigenvalue weighted by molar-refractivity contribution is 6.07. The second-order valence-electron chi connectivity index (χ2n) is 2.66. The predicted molar refractivity (Wildman–Crippen MR) is 54.7 cm³/mol. The van der Waals surface area contributed by atoms with E-state index in [4.69, 9.17) is 5.84 Å². The van der Waals surface area contributed by atoms with E-state index in [1.807, 2.05) is 6.92 Å². The first-order valence-corrected chi connectivity index (χ1v) is 4.10. The molecule has 0 rings (SSSR count). The largest absolute Gasteiger partial charge is 0.321 e. The van der Waals surface area contributed by atoms with Gasteiger partial charge in [0, 0.05) is 5.57 Å². The molecule has 0 unspecified atom stereocenters. The lowest BCUT2D eigenvalue weighted by Gasteiger charge is -2.06. The van der Waals surface area contributed by atoms with Crippen LogP contribution in [0.2, 0.25) is 0 Å². The van der Waals surface area contributed by atoms with Crippen LogP contribution >= 0.6 is 0 Å². The topological polar surface area (TPSA) is 55.1 Å². The Labute approximate surface area is 79.0 Å². The van der Waals surface area contributed by atoms with Crippen LogP contribution in [0.5, 0.6) is 0 Å². The average Bonchev–Trinajstić information content (AvgIpc) is 2.17. The lowest BCUT2D eigenvalue weighted by molar-refractivity contribution is -0.112. The van der Waals surface area contributed by atoms with Gasteiger partial charge in [-0.25, -0.2) is 0 Å². The molecule has 0 aliphatic heterocycles. The lowest BCUT2D eigenvalue weighted by Crippen LogP contribution is -2.26. The summed E-state index contributed by atoms with van der Waals surface area (Å²) in [6.07, 6.45) is 2.45. The number of rotatable bonds is 5.